The number of halogens is 5. The number of piperazine rings is 1. The molecule has 2 aromatic carbocycles. The summed E-state index contributed by atoms with van der Waals surface area (Å²) in [6.45, 7) is 5.68. The van der Waals surface area contributed by atoms with Gasteiger partial charge in [0.25, 0.3) is 5.91 Å². The maximum absolute atomic E-state index is 14.0. The van der Waals surface area contributed by atoms with Crippen molar-refractivity contribution < 1.29 is 36.6 Å². The van der Waals surface area contributed by atoms with Crippen molar-refractivity contribution in [2.75, 3.05) is 73.2 Å². The highest BCUT2D eigenvalue weighted by Crippen LogP contribution is 2.33. The van der Waals surface area contributed by atoms with Crippen molar-refractivity contribution in [1.29, 1.82) is 0 Å². The van der Waals surface area contributed by atoms with E-state index >= 15 is 0 Å². The van der Waals surface area contributed by atoms with Crippen LogP contribution < -0.4 is 4.74 Å². The van der Waals surface area contributed by atoms with Crippen molar-refractivity contribution in [3.8, 4) is 5.75 Å². The van der Waals surface area contributed by atoms with Gasteiger partial charge in [-0.2, -0.15) is 13.2 Å². The first kappa shape index (κ1) is 30.5. The third-order valence-corrected chi connectivity index (χ3v) is 7.51. The second kappa shape index (κ2) is 13.5. The molecule has 12 heteroatoms. The zero-order valence-electron chi connectivity index (χ0n) is 22.6. The van der Waals surface area contributed by atoms with E-state index in [1.807, 2.05) is 0 Å². The van der Waals surface area contributed by atoms with Gasteiger partial charge < -0.3 is 19.1 Å². The third-order valence-electron chi connectivity index (χ3n) is 7.29. The summed E-state index contributed by atoms with van der Waals surface area (Å²) in [6, 6.07) is 7.07. The van der Waals surface area contributed by atoms with Crippen molar-refractivity contribution >= 4 is 17.5 Å². The van der Waals surface area contributed by atoms with E-state index in [0.29, 0.717) is 39.3 Å². The maximum atomic E-state index is 14.0. The third kappa shape index (κ3) is 7.85. The lowest BCUT2D eigenvalue weighted by molar-refractivity contribution is -0.137. The van der Waals surface area contributed by atoms with Gasteiger partial charge in [0.1, 0.15) is 0 Å². The van der Waals surface area contributed by atoms with Gasteiger partial charge in [-0.1, -0.05) is 17.7 Å². The number of benzene rings is 2. The van der Waals surface area contributed by atoms with Crippen LogP contribution in [0.5, 0.6) is 5.75 Å². The Morgan fingerprint density at radius 2 is 1.80 bits per heavy atom. The predicted molar refractivity (Wildman–Crippen MR) is 142 cm³/mol. The Bertz CT molecular complexity index is 1170. The summed E-state index contributed by atoms with van der Waals surface area (Å²) in [4.78, 5) is 19.7. The monoisotopic (exact) mass is 587 g/mol. The van der Waals surface area contributed by atoms with Crippen molar-refractivity contribution in [2.24, 2.45) is 0 Å². The van der Waals surface area contributed by atoms with Crippen LogP contribution in [-0.4, -0.2) is 106 Å². The van der Waals surface area contributed by atoms with E-state index in [2.05, 4.69) is 9.80 Å². The molecular formula is C28H34ClF4N3O4. The van der Waals surface area contributed by atoms with E-state index in [-0.39, 0.29) is 28.5 Å². The Morgan fingerprint density at radius 1 is 1.05 bits per heavy atom. The Morgan fingerprint density at radius 3 is 2.50 bits per heavy atom. The van der Waals surface area contributed by atoms with E-state index in [1.54, 1.807) is 24.1 Å². The number of ether oxygens (including phenoxy) is 3. The molecule has 2 aliphatic heterocycles. The highest BCUT2D eigenvalue weighted by atomic mass is 35.5. The largest absolute Gasteiger partial charge is 0.494 e. The van der Waals surface area contributed by atoms with E-state index < -0.39 is 23.5 Å². The zero-order chi connectivity index (χ0) is 28.9. The van der Waals surface area contributed by atoms with E-state index in [1.165, 1.54) is 19.2 Å². The summed E-state index contributed by atoms with van der Waals surface area (Å²) in [5.41, 5.74) is -0.341. The lowest BCUT2D eigenvalue weighted by atomic mass is 10.00. The number of rotatable bonds is 9. The molecule has 0 spiro atoms. The number of amides is 1. The van der Waals surface area contributed by atoms with Crippen LogP contribution in [0, 0.1) is 5.82 Å². The van der Waals surface area contributed by atoms with Crippen molar-refractivity contribution in [1.82, 2.24) is 14.7 Å². The molecule has 2 aromatic rings. The quantitative estimate of drug-likeness (QED) is 0.410. The number of carbonyl (C=O) groups excluding carboxylic acids is 1. The van der Waals surface area contributed by atoms with Crippen LogP contribution in [0.1, 0.15) is 21.5 Å². The molecule has 1 amide bonds. The number of carbonyl (C=O) groups is 1. The molecule has 0 aliphatic carbocycles. The van der Waals surface area contributed by atoms with Gasteiger partial charge in [-0.05, 0) is 42.3 Å². The Kier molecular flexibility index (Phi) is 10.3. The minimum atomic E-state index is -4.63. The van der Waals surface area contributed by atoms with Gasteiger partial charge in [-0.3, -0.25) is 14.6 Å². The second-order valence-electron chi connectivity index (χ2n) is 10.1. The molecule has 220 valence electrons. The molecule has 4 rings (SSSR count). The first-order valence-electron chi connectivity index (χ1n) is 13.1. The molecular weight excluding hydrogens is 554 g/mol. The summed E-state index contributed by atoms with van der Waals surface area (Å²) in [5.74, 6) is -0.937. The summed E-state index contributed by atoms with van der Waals surface area (Å²) in [5, 5.41) is -0.158. The minimum absolute atomic E-state index is 0.0220. The van der Waals surface area contributed by atoms with Crippen LogP contribution in [0.4, 0.5) is 17.6 Å². The molecule has 2 fully saturated rings. The van der Waals surface area contributed by atoms with Gasteiger partial charge in [-0.25, -0.2) is 4.39 Å². The van der Waals surface area contributed by atoms with E-state index in [4.69, 9.17) is 25.8 Å². The topological polar surface area (TPSA) is 54.5 Å². The zero-order valence-corrected chi connectivity index (χ0v) is 23.3. The first-order chi connectivity index (χ1) is 19.1. The molecule has 2 atom stereocenters. The smallest absolute Gasteiger partial charge is 0.416 e. The minimum Gasteiger partial charge on any atom is -0.494 e. The van der Waals surface area contributed by atoms with Gasteiger partial charge >= 0.3 is 6.18 Å². The Labute approximate surface area is 236 Å². The van der Waals surface area contributed by atoms with Crippen molar-refractivity contribution in [2.45, 2.75) is 24.7 Å². The van der Waals surface area contributed by atoms with Gasteiger partial charge in [0.2, 0.25) is 0 Å². The van der Waals surface area contributed by atoms with Crippen LogP contribution in [0.3, 0.4) is 0 Å². The molecule has 0 aromatic heterocycles. The van der Waals surface area contributed by atoms with Crippen LogP contribution >= 0.6 is 11.6 Å². The normalized spacial score (nSPS) is 21.0. The number of methoxy groups -OCH3 is 2. The number of morpholine rings is 1. The fraction of sp³-hybridized carbons (Fsp3) is 0.536. The highest BCUT2D eigenvalue weighted by Gasteiger charge is 2.35. The Balaban J connectivity index is 1.52. The summed E-state index contributed by atoms with van der Waals surface area (Å²) in [7, 11) is 3.02. The van der Waals surface area contributed by atoms with Gasteiger partial charge in [0.15, 0.2) is 11.6 Å². The van der Waals surface area contributed by atoms with Crippen LogP contribution in [0.15, 0.2) is 36.4 Å². The van der Waals surface area contributed by atoms with Crippen LogP contribution in [0.2, 0.25) is 5.02 Å². The molecule has 2 saturated heterocycles. The molecule has 40 heavy (non-hydrogen) atoms. The standard InChI is InChI=1S/C28H34ClF4N3O4/c1-38-18-24-17-35(9-10-40-24)6-5-34-7-8-36(23(16-34)11-19-3-4-25(30)26(12-19)39-2)27(37)20-13-21(28(31,32)33)15-22(29)14-20/h3-4,12-15,23-24H,5-11,16-18H2,1-2H3/t23-,24+/m1/s1. The summed E-state index contributed by atoms with van der Waals surface area (Å²) < 4.78 is 70.4. The average molecular weight is 588 g/mol. The predicted octanol–water partition coefficient (Wildman–Crippen LogP) is 4.22. The summed E-state index contributed by atoms with van der Waals surface area (Å²) in [6.07, 6.45) is -4.24. The first-order valence-corrected chi connectivity index (χ1v) is 13.5. The fourth-order valence-corrected chi connectivity index (χ4v) is 5.50. The number of hydrogen-bond acceptors (Lipinski definition) is 6. The van der Waals surface area contributed by atoms with Crippen molar-refractivity contribution in [3.05, 3.63) is 63.9 Å². The Hall–Kier alpha value is -2.44. The lowest BCUT2D eigenvalue weighted by Crippen LogP contribution is -2.57. The molecule has 0 saturated carbocycles. The van der Waals surface area contributed by atoms with Gasteiger partial charge in [0.05, 0.1) is 32.0 Å². The van der Waals surface area contributed by atoms with Crippen molar-refractivity contribution in [3.63, 3.8) is 0 Å². The molecule has 2 aliphatic rings. The number of nitrogens with zero attached hydrogens (tertiary/aromatic N) is 3. The molecule has 0 radical (unpaired) electrons. The summed E-state index contributed by atoms with van der Waals surface area (Å²) >= 11 is 5.97. The molecule has 0 unspecified atom stereocenters. The van der Waals surface area contributed by atoms with E-state index in [9.17, 15) is 22.4 Å². The van der Waals surface area contributed by atoms with Crippen LogP contribution in [0.25, 0.3) is 0 Å². The fourth-order valence-electron chi connectivity index (χ4n) is 5.26. The number of alkyl halides is 3. The molecule has 2 heterocycles. The molecule has 0 N–H and O–H groups in total. The number of hydrogen-bond donors (Lipinski definition) is 0. The van der Waals surface area contributed by atoms with Gasteiger partial charge in [-0.15, -0.1) is 0 Å². The average Bonchev–Trinajstić information content (AvgIpc) is 2.92. The maximum Gasteiger partial charge on any atom is 0.416 e. The second-order valence-corrected chi connectivity index (χ2v) is 10.5. The van der Waals surface area contributed by atoms with Gasteiger partial charge in [0, 0.05) is 69.6 Å². The lowest BCUT2D eigenvalue weighted by Gasteiger charge is -2.42. The highest BCUT2D eigenvalue weighted by molar-refractivity contribution is 6.31. The molecule has 7 nitrogen and oxygen atoms in total. The van der Waals surface area contributed by atoms with Crippen LogP contribution in [-0.2, 0) is 22.1 Å². The molecule has 0 bridgehead atoms. The SMILES string of the molecule is COC[C@@H]1CN(CCN2CCN(C(=O)c3cc(Cl)cc(C(F)(F)F)c3)[C@H](Cc3ccc(F)c(OC)c3)C2)CCO1. The van der Waals surface area contributed by atoms with E-state index in [0.717, 1.165) is 43.9 Å².